The lowest BCUT2D eigenvalue weighted by Crippen LogP contribution is -2.15. The average molecular weight is 347 g/mol. The molecule has 8 heteroatoms. The summed E-state index contributed by atoms with van der Waals surface area (Å²) in [6.07, 6.45) is 2.67. The predicted octanol–water partition coefficient (Wildman–Crippen LogP) is 3.10. The Morgan fingerprint density at radius 3 is 3.00 bits per heavy atom. The van der Waals surface area contributed by atoms with Crippen LogP contribution in [0.5, 0.6) is 0 Å². The fraction of sp³-hybridized carbons (Fsp3) is 0.438. The summed E-state index contributed by atoms with van der Waals surface area (Å²) in [7, 11) is 0. The molecule has 0 spiro atoms. The van der Waals surface area contributed by atoms with E-state index in [1.54, 1.807) is 6.07 Å². The summed E-state index contributed by atoms with van der Waals surface area (Å²) in [5.74, 6) is 1.91. The smallest absolute Gasteiger partial charge is 0.183 e. The van der Waals surface area contributed by atoms with E-state index in [9.17, 15) is 4.39 Å². The molecule has 0 radical (unpaired) electrons. The van der Waals surface area contributed by atoms with Crippen molar-refractivity contribution in [2.75, 3.05) is 25.1 Å². The molecule has 3 heterocycles. The van der Waals surface area contributed by atoms with Gasteiger partial charge in [0.05, 0.1) is 10.2 Å². The lowest BCUT2D eigenvalue weighted by atomic mass is 10.00. The van der Waals surface area contributed by atoms with Gasteiger partial charge in [0.2, 0.25) is 0 Å². The molecule has 0 amide bonds. The SMILES string of the molecule is Fc1cccc2nc(NCCc3nc(C4CCOCC4)n[nH]3)sc12. The van der Waals surface area contributed by atoms with Gasteiger partial charge in [-0.15, -0.1) is 0 Å². The summed E-state index contributed by atoms with van der Waals surface area (Å²) in [5.41, 5.74) is 0.684. The number of aromatic nitrogens is 4. The largest absolute Gasteiger partial charge is 0.381 e. The Kier molecular flexibility index (Phi) is 4.40. The van der Waals surface area contributed by atoms with Crippen molar-refractivity contribution in [3.63, 3.8) is 0 Å². The fourth-order valence-corrected chi connectivity index (χ4v) is 3.73. The third kappa shape index (κ3) is 3.25. The molecule has 6 nitrogen and oxygen atoms in total. The molecular weight excluding hydrogens is 329 g/mol. The number of aromatic amines is 1. The summed E-state index contributed by atoms with van der Waals surface area (Å²) in [6.45, 7) is 2.23. The second-order valence-electron chi connectivity index (χ2n) is 5.81. The number of rotatable bonds is 5. The molecule has 2 N–H and O–H groups in total. The first-order valence-electron chi connectivity index (χ1n) is 8.07. The van der Waals surface area contributed by atoms with Crippen LogP contribution in [-0.2, 0) is 11.2 Å². The van der Waals surface area contributed by atoms with Crippen molar-refractivity contribution in [1.29, 1.82) is 0 Å². The third-order valence-corrected chi connectivity index (χ3v) is 5.18. The highest BCUT2D eigenvalue weighted by molar-refractivity contribution is 7.22. The molecule has 2 aromatic heterocycles. The standard InChI is InChI=1S/C16H18FN5OS/c17-11-2-1-3-12-14(11)24-16(19-12)18-7-4-13-20-15(22-21-13)10-5-8-23-9-6-10/h1-3,10H,4-9H2,(H,18,19)(H,20,21,22). The van der Waals surface area contributed by atoms with Crippen molar-refractivity contribution in [2.24, 2.45) is 0 Å². The van der Waals surface area contributed by atoms with Gasteiger partial charge in [0.15, 0.2) is 11.0 Å². The van der Waals surface area contributed by atoms with Gasteiger partial charge in [-0.2, -0.15) is 5.10 Å². The van der Waals surface area contributed by atoms with E-state index < -0.39 is 0 Å². The Morgan fingerprint density at radius 1 is 1.29 bits per heavy atom. The number of fused-ring (bicyclic) bond motifs is 1. The van der Waals surface area contributed by atoms with E-state index in [1.165, 1.54) is 17.4 Å². The maximum Gasteiger partial charge on any atom is 0.183 e. The molecule has 0 bridgehead atoms. The van der Waals surface area contributed by atoms with Crippen LogP contribution in [0.4, 0.5) is 9.52 Å². The van der Waals surface area contributed by atoms with E-state index in [1.807, 2.05) is 6.07 Å². The molecule has 3 aromatic rings. The number of anilines is 1. The lowest BCUT2D eigenvalue weighted by molar-refractivity contribution is 0.0836. The van der Waals surface area contributed by atoms with Gasteiger partial charge < -0.3 is 10.1 Å². The van der Waals surface area contributed by atoms with Crippen molar-refractivity contribution in [3.8, 4) is 0 Å². The molecule has 0 atom stereocenters. The second kappa shape index (κ2) is 6.82. The first kappa shape index (κ1) is 15.5. The fourth-order valence-electron chi connectivity index (χ4n) is 2.84. The van der Waals surface area contributed by atoms with Gasteiger partial charge in [-0.1, -0.05) is 17.4 Å². The van der Waals surface area contributed by atoms with Crippen molar-refractivity contribution in [3.05, 3.63) is 35.7 Å². The molecule has 24 heavy (non-hydrogen) atoms. The number of H-pyrrole nitrogens is 1. The summed E-state index contributed by atoms with van der Waals surface area (Å²) >= 11 is 1.33. The van der Waals surface area contributed by atoms with Gasteiger partial charge >= 0.3 is 0 Å². The molecule has 4 rings (SSSR count). The zero-order valence-corrected chi connectivity index (χ0v) is 13.9. The topological polar surface area (TPSA) is 75.7 Å². The first-order valence-corrected chi connectivity index (χ1v) is 8.89. The van der Waals surface area contributed by atoms with Crippen molar-refractivity contribution in [2.45, 2.75) is 25.2 Å². The van der Waals surface area contributed by atoms with Gasteiger partial charge in [-0.25, -0.2) is 14.4 Å². The molecule has 1 fully saturated rings. The van der Waals surface area contributed by atoms with Crippen LogP contribution < -0.4 is 5.32 Å². The molecule has 0 aliphatic carbocycles. The van der Waals surface area contributed by atoms with E-state index in [0.29, 0.717) is 29.1 Å². The van der Waals surface area contributed by atoms with Crippen LogP contribution in [0, 0.1) is 5.82 Å². The Labute approximate surface area is 142 Å². The highest BCUT2D eigenvalue weighted by atomic mass is 32.1. The number of nitrogens with zero attached hydrogens (tertiary/aromatic N) is 3. The minimum absolute atomic E-state index is 0.227. The number of halogens is 1. The summed E-state index contributed by atoms with van der Waals surface area (Å²) < 4.78 is 19.6. The number of benzene rings is 1. The molecule has 1 aromatic carbocycles. The van der Waals surface area contributed by atoms with Gasteiger partial charge in [0.25, 0.3) is 0 Å². The number of hydrogen-bond acceptors (Lipinski definition) is 6. The van der Waals surface area contributed by atoms with E-state index in [0.717, 1.165) is 42.8 Å². The number of ether oxygens (including phenoxy) is 1. The van der Waals surface area contributed by atoms with Crippen molar-refractivity contribution < 1.29 is 9.13 Å². The van der Waals surface area contributed by atoms with Gasteiger partial charge in [-0.05, 0) is 25.0 Å². The van der Waals surface area contributed by atoms with Gasteiger partial charge in [0.1, 0.15) is 11.6 Å². The predicted molar refractivity (Wildman–Crippen MR) is 90.9 cm³/mol. The lowest BCUT2D eigenvalue weighted by Gasteiger charge is -2.18. The quantitative estimate of drug-likeness (QED) is 0.742. The van der Waals surface area contributed by atoms with Crippen molar-refractivity contribution >= 4 is 26.7 Å². The minimum atomic E-state index is -0.227. The zero-order chi connectivity index (χ0) is 16.4. The van der Waals surface area contributed by atoms with Gasteiger partial charge in [0, 0.05) is 32.1 Å². The average Bonchev–Trinajstić information content (AvgIpc) is 3.23. The van der Waals surface area contributed by atoms with E-state index >= 15 is 0 Å². The Bertz CT molecular complexity index is 827. The zero-order valence-electron chi connectivity index (χ0n) is 13.1. The Balaban J connectivity index is 1.35. The van der Waals surface area contributed by atoms with Gasteiger partial charge in [-0.3, -0.25) is 5.10 Å². The summed E-state index contributed by atoms with van der Waals surface area (Å²) in [6, 6.07) is 4.95. The number of nitrogens with one attached hydrogen (secondary N) is 2. The second-order valence-corrected chi connectivity index (χ2v) is 6.81. The monoisotopic (exact) mass is 347 g/mol. The maximum atomic E-state index is 13.7. The minimum Gasteiger partial charge on any atom is -0.381 e. The molecule has 1 aliphatic rings. The number of thiazole rings is 1. The Morgan fingerprint density at radius 2 is 2.17 bits per heavy atom. The van der Waals surface area contributed by atoms with Crippen LogP contribution in [-0.4, -0.2) is 39.9 Å². The normalized spacial score (nSPS) is 15.9. The van der Waals surface area contributed by atoms with Crippen LogP contribution in [0.25, 0.3) is 10.2 Å². The van der Waals surface area contributed by atoms with E-state index in [-0.39, 0.29) is 5.82 Å². The number of hydrogen-bond donors (Lipinski definition) is 2. The highest BCUT2D eigenvalue weighted by Gasteiger charge is 2.20. The molecule has 126 valence electrons. The first-order chi connectivity index (χ1) is 11.8. The molecule has 1 aliphatic heterocycles. The Hall–Kier alpha value is -2.06. The van der Waals surface area contributed by atoms with Crippen LogP contribution in [0.3, 0.4) is 0 Å². The molecule has 1 saturated heterocycles. The highest BCUT2D eigenvalue weighted by Crippen LogP contribution is 2.28. The third-order valence-electron chi connectivity index (χ3n) is 4.14. The van der Waals surface area contributed by atoms with Crippen LogP contribution >= 0.6 is 11.3 Å². The molecular formula is C16H18FN5OS. The summed E-state index contributed by atoms with van der Waals surface area (Å²) in [4.78, 5) is 8.97. The molecule has 0 saturated carbocycles. The summed E-state index contributed by atoms with van der Waals surface area (Å²) in [5, 5.41) is 11.3. The van der Waals surface area contributed by atoms with Crippen LogP contribution in [0.1, 0.15) is 30.4 Å². The van der Waals surface area contributed by atoms with Crippen LogP contribution in [0.2, 0.25) is 0 Å². The maximum absolute atomic E-state index is 13.7. The molecule has 0 unspecified atom stereocenters. The van der Waals surface area contributed by atoms with Crippen molar-refractivity contribution in [1.82, 2.24) is 20.2 Å². The van der Waals surface area contributed by atoms with E-state index in [4.69, 9.17) is 4.74 Å². The van der Waals surface area contributed by atoms with Crippen LogP contribution in [0.15, 0.2) is 18.2 Å². The van der Waals surface area contributed by atoms with E-state index in [2.05, 4.69) is 25.5 Å².